The van der Waals surface area contributed by atoms with Crippen LogP contribution >= 0.6 is 0 Å². The van der Waals surface area contributed by atoms with Crippen LogP contribution in [0.4, 0.5) is 5.82 Å². The Kier molecular flexibility index (Phi) is 5.20. The molecule has 8 heteroatoms. The number of rotatable bonds is 4. The molecule has 2 N–H and O–H groups in total. The molecule has 4 heterocycles. The molecule has 0 saturated carbocycles. The molecule has 1 saturated heterocycles. The number of carbonyl (C=O) groups excluding carboxylic acids is 1. The van der Waals surface area contributed by atoms with E-state index in [0.29, 0.717) is 11.2 Å². The van der Waals surface area contributed by atoms with Gasteiger partial charge in [-0.2, -0.15) is 0 Å². The van der Waals surface area contributed by atoms with Gasteiger partial charge < -0.3 is 15.2 Å². The van der Waals surface area contributed by atoms with Crippen LogP contribution in [-0.2, 0) is 11.8 Å². The van der Waals surface area contributed by atoms with Crippen molar-refractivity contribution in [3.05, 3.63) is 49.0 Å². The van der Waals surface area contributed by atoms with Crippen LogP contribution in [0.1, 0.15) is 37.8 Å². The highest BCUT2D eigenvalue weighted by Crippen LogP contribution is 2.48. The number of hydrogen-bond donors (Lipinski definition) is 1. The predicted molar refractivity (Wildman–Crippen MR) is 124 cm³/mol. The van der Waals surface area contributed by atoms with E-state index in [0.717, 1.165) is 79.5 Å². The van der Waals surface area contributed by atoms with Crippen molar-refractivity contribution in [2.24, 2.45) is 12.5 Å². The van der Waals surface area contributed by atoms with Crippen LogP contribution < -0.4 is 5.73 Å². The van der Waals surface area contributed by atoms with E-state index in [4.69, 9.17) is 5.73 Å². The summed E-state index contributed by atoms with van der Waals surface area (Å²) in [5.41, 5.74) is 11.6. The van der Waals surface area contributed by atoms with E-state index in [1.807, 2.05) is 13.2 Å². The highest BCUT2D eigenvalue weighted by molar-refractivity contribution is 6.05. The Balaban J connectivity index is 1.51. The molecule has 32 heavy (non-hydrogen) atoms. The SMILES string of the molecule is Cn1c(C2=CCC3(CC2)CCN(C=CC=O)CC3)c(-c2cnccn2)c2c(N)ncnc21. The van der Waals surface area contributed by atoms with Crippen molar-refractivity contribution in [3.8, 4) is 11.3 Å². The van der Waals surface area contributed by atoms with Crippen molar-refractivity contribution >= 4 is 28.7 Å². The van der Waals surface area contributed by atoms with Crippen molar-refractivity contribution in [2.75, 3.05) is 18.8 Å². The van der Waals surface area contributed by atoms with Crippen LogP contribution in [0, 0.1) is 5.41 Å². The van der Waals surface area contributed by atoms with E-state index in [1.54, 1.807) is 24.7 Å². The lowest BCUT2D eigenvalue weighted by Crippen LogP contribution is -2.38. The maximum atomic E-state index is 10.6. The number of nitrogens with two attached hydrogens (primary N) is 1. The number of nitrogen functional groups attached to an aromatic ring is 1. The summed E-state index contributed by atoms with van der Waals surface area (Å²) in [4.78, 5) is 30.5. The van der Waals surface area contributed by atoms with Crippen LogP contribution in [0.2, 0.25) is 0 Å². The molecule has 3 aromatic rings. The maximum Gasteiger partial charge on any atom is 0.146 e. The number of hydrogen-bond acceptors (Lipinski definition) is 7. The molecule has 0 aromatic carbocycles. The van der Waals surface area contributed by atoms with E-state index >= 15 is 0 Å². The molecule has 0 radical (unpaired) electrons. The Morgan fingerprint density at radius 2 is 1.97 bits per heavy atom. The summed E-state index contributed by atoms with van der Waals surface area (Å²) in [5.74, 6) is 0.459. The van der Waals surface area contributed by atoms with E-state index in [-0.39, 0.29) is 0 Å². The molecule has 0 bridgehead atoms. The minimum absolute atomic E-state index is 0.338. The number of aldehydes is 1. The summed E-state index contributed by atoms with van der Waals surface area (Å²) in [6.45, 7) is 2.00. The Bertz CT molecular complexity index is 1200. The summed E-state index contributed by atoms with van der Waals surface area (Å²) < 4.78 is 2.12. The van der Waals surface area contributed by atoms with Gasteiger partial charge in [0.1, 0.15) is 24.1 Å². The number of carbonyl (C=O) groups is 1. The first kappa shape index (κ1) is 20.4. The second kappa shape index (κ2) is 8.18. The first-order chi connectivity index (χ1) is 15.6. The van der Waals surface area contributed by atoms with Gasteiger partial charge in [0.15, 0.2) is 0 Å². The molecule has 0 amide bonds. The topological polar surface area (TPSA) is 103 Å². The fraction of sp³-hybridized carbons (Fsp3) is 0.375. The third-order valence-corrected chi connectivity index (χ3v) is 7.06. The monoisotopic (exact) mass is 429 g/mol. The molecule has 8 nitrogen and oxygen atoms in total. The predicted octanol–water partition coefficient (Wildman–Crippen LogP) is 3.37. The molecule has 1 fully saturated rings. The zero-order chi connectivity index (χ0) is 22.1. The molecule has 0 atom stereocenters. The van der Waals surface area contributed by atoms with Crippen molar-refractivity contribution in [3.63, 3.8) is 0 Å². The second-order valence-corrected chi connectivity index (χ2v) is 8.78. The van der Waals surface area contributed by atoms with Gasteiger partial charge in [0, 0.05) is 44.3 Å². The molecule has 164 valence electrons. The summed E-state index contributed by atoms with van der Waals surface area (Å²) in [7, 11) is 2.03. The molecule has 1 spiro atoms. The number of likely N-dealkylation sites (tertiary alicyclic amines) is 1. The van der Waals surface area contributed by atoms with Gasteiger partial charge in [0.2, 0.25) is 0 Å². The summed E-state index contributed by atoms with van der Waals surface area (Å²) in [5, 5.41) is 0.835. The van der Waals surface area contributed by atoms with E-state index in [1.165, 1.54) is 11.9 Å². The summed E-state index contributed by atoms with van der Waals surface area (Å²) in [6.07, 6.45) is 18.9. The van der Waals surface area contributed by atoms with Gasteiger partial charge in [0.25, 0.3) is 0 Å². The molecular weight excluding hydrogens is 402 g/mol. The van der Waals surface area contributed by atoms with Crippen LogP contribution in [0.15, 0.2) is 43.3 Å². The normalized spacial score (nSPS) is 18.4. The van der Waals surface area contributed by atoms with Gasteiger partial charge in [-0.1, -0.05) is 6.08 Å². The molecule has 2 aliphatic rings. The quantitative estimate of drug-likeness (QED) is 0.501. The van der Waals surface area contributed by atoms with Crippen molar-refractivity contribution < 1.29 is 4.79 Å². The third-order valence-electron chi connectivity index (χ3n) is 7.06. The number of piperidine rings is 1. The Hall–Kier alpha value is -3.55. The largest absolute Gasteiger partial charge is 0.383 e. The number of anilines is 1. The first-order valence-electron chi connectivity index (χ1n) is 11.0. The van der Waals surface area contributed by atoms with Crippen LogP contribution in [0.3, 0.4) is 0 Å². The zero-order valence-electron chi connectivity index (χ0n) is 18.2. The second-order valence-electron chi connectivity index (χ2n) is 8.78. The lowest BCUT2D eigenvalue weighted by atomic mass is 9.68. The lowest BCUT2D eigenvalue weighted by molar-refractivity contribution is -0.104. The summed E-state index contributed by atoms with van der Waals surface area (Å²) in [6, 6.07) is 0. The van der Waals surface area contributed by atoms with E-state index in [9.17, 15) is 4.79 Å². The van der Waals surface area contributed by atoms with Gasteiger partial charge in [-0.15, -0.1) is 0 Å². The molecule has 3 aromatic heterocycles. The lowest BCUT2D eigenvalue weighted by Gasteiger charge is -2.43. The van der Waals surface area contributed by atoms with Gasteiger partial charge in [-0.25, -0.2) is 9.97 Å². The molecule has 0 unspecified atom stereocenters. The van der Waals surface area contributed by atoms with E-state index < -0.39 is 0 Å². The molecule has 1 aliphatic heterocycles. The fourth-order valence-corrected chi connectivity index (χ4v) is 5.25. The Morgan fingerprint density at radius 3 is 2.66 bits per heavy atom. The fourth-order valence-electron chi connectivity index (χ4n) is 5.25. The van der Waals surface area contributed by atoms with Gasteiger partial charge in [0.05, 0.1) is 23.0 Å². The van der Waals surface area contributed by atoms with E-state index in [2.05, 4.69) is 35.5 Å². The molecule has 5 rings (SSSR count). The van der Waals surface area contributed by atoms with Crippen LogP contribution in [-0.4, -0.2) is 48.8 Å². The minimum atomic E-state index is 0.338. The van der Waals surface area contributed by atoms with Gasteiger partial charge in [-0.05, 0) is 49.2 Å². The van der Waals surface area contributed by atoms with Crippen LogP contribution in [0.5, 0.6) is 0 Å². The Morgan fingerprint density at radius 1 is 1.12 bits per heavy atom. The van der Waals surface area contributed by atoms with Crippen molar-refractivity contribution in [1.82, 2.24) is 29.4 Å². The van der Waals surface area contributed by atoms with Gasteiger partial charge >= 0.3 is 0 Å². The average molecular weight is 430 g/mol. The Labute approximate surface area is 186 Å². The number of allylic oxidation sites excluding steroid dienone is 3. The van der Waals surface area contributed by atoms with Crippen LogP contribution in [0.25, 0.3) is 27.9 Å². The average Bonchev–Trinajstić information content (AvgIpc) is 3.14. The van der Waals surface area contributed by atoms with Crippen molar-refractivity contribution in [2.45, 2.75) is 32.1 Å². The highest BCUT2D eigenvalue weighted by atomic mass is 16.1. The first-order valence-corrected chi connectivity index (χ1v) is 11.0. The number of fused-ring (bicyclic) bond motifs is 1. The minimum Gasteiger partial charge on any atom is -0.383 e. The van der Waals surface area contributed by atoms with Crippen molar-refractivity contribution in [1.29, 1.82) is 0 Å². The number of aryl methyl sites for hydroxylation is 1. The molecule has 1 aliphatic carbocycles. The zero-order valence-corrected chi connectivity index (χ0v) is 18.2. The standard InChI is InChI=1S/C24H27N7O/c1-30-21(17-3-5-24(6-4-17)7-12-31(13-8-24)11-2-14-32)19(18-15-26-9-10-27-18)20-22(25)28-16-29-23(20)30/h2-3,9-11,14-16H,4-8,12-13H2,1H3,(H2,25,28,29). The highest BCUT2D eigenvalue weighted by Gasteiger charge is 2.36. The number of nitrogens with zero attached hydrogens (tertiary/aromatic N) is 6. The summed E-state index contributed by atoms with van der Waals surface area (Å²) >= 11 is 0. The van der Waals surface area contributed by atoms with Gasteiger partial charge in [-0.3, -0.25) is 14.8 Å². The molecular formula is C24H27N7O. The smallest absolute Gasteiger partial charge is 0.146 e. The number of aromatic nitrogens is 5. The maximum absolute atomic E-state index is 10.6. The third kappa shape index (κ3) is 3.45.